The number of carboxylic acids is 1. The Morgan fingerprint density at radius 3 is 2.58 bits per heavy atom. The molecule has 5 heteroatoms. The second-order valence-corrected chi connectivity index (χ2v) is 6.67. The second-order valence-electron chi connectivity index (χ2n) is 6.67. The summed E-state index contributed by atoms with van der Waals surface area (Å²) < 4.78 is 0. The number of hydrogen-bond donors (Lipinski definition) is 2. The molecular formula is C19H27N3O2. The van der Waals surface area contributed by atoms with Crippen LogP contribution in [0.25, 0.3) is 0 Å². The smallest absolute Gasteiger partial charge is 0.303 e. The molecule has 0 radical (unpaired) electrons. The van der Waals surface area contributed by atoms with Crippen molar-refractivity contribution in [1.82, 2.24) is 10.2 Å². The maximum Gasteiger partial charge on any atom is 0.303 e. The summed E-state index contributed by atoms with van der Waals surface area (Å²) >= 11 is 0. The molecule has 1 saturated heterocycles. The number of piperidine rings is 1. The van der Waals surface area contributed by atoms with Crippen LogP contribution in [0, 0.1) is 0 Å². The van der Waals surface area contributed by atoms with Crippen molar-refractivity contribution in [2.75, 3.05) is 24.7 Å². The molecule has 0 atom stereocenters. The molecule has 130 valence electrons. The van der Waals surface area contributed by atoms with Gasteiger partial charge in [0.05, 0.1) is 6.67 Å². The van der Waals surface area contributed by atoms with Gasteiger partial charge in [0.15, 0.2) is 0 Å². The number of nitrogens with one attached hydrogen (secondary N) is 1. The van der Waals surface area contributed by atoms with Crippen LogP contribution in [0.1, 0.15) is 37.7 Å². The van der Waals surface area contributed by atoms with Gasteiger partial charge in [-0.25, -0.2) is 0 Å². The minimum absolute atomic E-state index is 0.267. The van der Waals surface area contributed by atoms with Gasteiger partial charge in [-0.2, -0.15) is 0 Å². The van der Waals surface area contributed by atoms with Crippen LogP contribution in [-0.2, 0) is 11.2 Å². The van der Waals surface area contributed by atoms with Crippen LogP contribution < -0.4 is 10.2 Å². The summed E-state index contributed by atoms with van der Waals surface area (Å²) in [7, 11) is 0. The first-order valence-corrected chi connectivity index (χ1v) is 8.94. The van der Waals surface area contributed by atoms with Crippen LogP contribution >= 0.6 is 0 Å². The van der Waals surface area contributed by atoms with Gasteiger partial charge >= 0.3 is 5.97 Å². The number of benzene rings is 1. The van der Waals surface area contributed by atoms with E-state index in [-0.39, 0.29) is 6.42 Å². The predicted octanol–water partition coefficient (Wildman–Crippen LogP) is 2.79. The molecule has 0 bridgehead atoms. The molecule has 1 aromatic rings. The molecule has 0 unspecified atom stereocenters. The third kappa shape index (κ3) is 4.51. The monoisotopic (exact) mass is 329 g/mol. The lowest BCUT2D eigenvalue weighted by atomic mass is 10.1. The summed E-state index contributed by atoms with van der Waals surface area (Å²) in [6, 6.07) is 9.32. The van der Waals surface area contributed by atoms with Gasteiger partial charge in [-0.05, 0) is 62.9 Å². The first kappa shape index (κ1) is 16.8. The molecule has 0 aliphatic carbocycles. The second kappa shape index (κ2) is 8.20. The van der Waals surface area contributed by atoms with Gasteiger partial charge in [-0.15, -0.1) is 0 Å². The lowest BCUT2D eigenvalue weighted by Gasteiger charge is -2.32. The van der Waals surface area contributed by atoms with Gasteiger partial charge in [0.1, 0.15) is 0 Å². The summed E-state index contributed by atoms with van der Waals surface area (Å²) in [5.74, 6) is -0.704. The first-order chi connectivity index (χ1) is 11.7. The molecule has 0 saturated carbocycles. The van der Waals surface area contributed by atoms with E-state index in [0.29, 0.717) is 6.04 Å². The zero-order valence-corrected chi connectivity index (χ0v) is 14.2. The van der Waals surface area contributed by atoms with Crippen LogP contribution in [0.2, 0.25) is 0 Å². The molecule has 1 fully saturated rings. The fourth-order valence-electron chi connectivity index (χ4n) is 3.44. The van der Waals surface area contributed by atoms with E-state index in [2.05, 4.69) is 51.8 Å². The van der Waals surface area contributed by atoms with E-state index in [1.165, 1.54) is 24.1 Å². The Kier molecular flexibility index (Phi) is 5.75. The van der Waals surface area contributed by atoms with Crippen LogP contribution in [0.15, 0.2) is 36.7 Å². The standard InChI is InChI=1S/C19H27N3O2/c23-19(24)4-2-1-3-16-5-7-17(8-6-16)21-13-14-22(15-21)18-9-11-20-12-10-18/h5-8,13-14,18,20H,1-4,9-12,15H2,(H,23,24). The van der Waals surface area contributed by atoms with E-state index in [4.69, 9.17) is 5.11 Å². The highest BCUT2D eigenvalue weighted by atomic mass is 16.4. The lowest BCUT2D eigenvalue weighted by Crippen LogP contribution is -2.41. The Labute approximate surface area is 143 Å². The fourth-order valence-corrected chi connectivity index (χ4v) is 3.44. The summed E-state index contributed by atoms with van der Waals surface area (Å²) in [4.78, 5) is 15.3. The van der Waals surface area contributed by atoms with Gasteiger partial charge in [-0.3, -0.25) is 4.79 Å². The molecule has 0 amide bonds. The topological polar surface area (TPSA) is 55.8 Å². The Balaban J connectivity index is 1.47. The number of hydrogen-bond acceptors (Lipinski definition) is 4. The fraction of sp³-hybridized carbons (Fsp3) is 0.526. The number of nitrogens with zero attached hydrogens (tertiary/aromatic N) is 2. The number of unbranched alkanes of at least 4 members (excludes halogenated alkanes) is 1. The number of carbonyl (C=O) groups is 1. The molecule has 0 aromatic heterocycles. The number of anilines is 1. The number of carboxylic acid groups (broad SMARTS) is 1. The largest absolute Gasteiger partial charge is 0.481 e. The minimum atomic E-state index is -0.704. The van der Waals surface area contributed by atoms with Gasteiger partial charge in [-0.1, -0.05) is 12.1 Å². The van der Waals surface area contributed by atoms with Gasteiger partial charge in [0, 0.05) is 30.5 Å². The van der Waals surface area contributed by atoms with E-state index in [1.54, 1.807) is 0 Å². The summed E-state index contributed by atoms with van der Waals surface area (Å²) in [5.41, 5.74) is 2.50. The van der Waals surface area contributed by atoms with Crippen LogP contribution in [0.5, 0.6) is 0 Å². The lowest BCUT2D eigenvalue weighted by molar-refractivity contribution is -0.137. The maximum absolute atomic E-state index is 10.5. The van der Waals surface area contributed by atoms with Crippen LogP contribution in [-0.4, -0.2) is 41.8 Å². The molecule has 24 heavy (non-hydrogen) atoms. The summed E-state index contributed by atoms with van der Waals surface area (Å²) in [5, 5.41) is 12.1. The van der Waals surface area contributed by atoms with E-state index in [0.717, 1.165) is 39.0 Å². The maximum atomic E-state index is 10.5. The predicted molar refractivity (Wildman–Crippen MR) is 95.8 cm³/mol. The Morgan fingerprint density at radius 2 is 1.88 bits per heavy atom. The van der Waals surface area contributed by atoms with Gasteiger partial charge in [0.2, 0.25) is 0 Å². The van der Waals surface area contributed by atoms with Crippen molar-refractivity contribution >= 4 is 11.7 Å². The zero-order valence-electron chi connectivity index (χ0n) is 14.2. The normalized spacial score (nSPS) is 18.3. The molecule has 2 aliphatic rings. The first-order valence-electron chi connectivity index (χ1n) is 8.94. The summed E-state index contributed by atoms with van der Waals surface area (Å²) in [6.07, 6.45) is 9.71. The Hall–Kier alpha value is -2.01. The molecule has 0 spiro atoms. The average Bonchev–Trinajstić information content (AvgIpc) is 3.10. The SMILES string of the molecule is O=C(O)CCCCc1ccc(N2C=CN(C3CCNCC3)C2)cc1. The molecule has 2 heterocycles. The molecule has 5 nitrogen and oxygen atoms in total. The minimum Gasteiger partial charge on any atom is -0.481 e. The summed E-state index contributed by atoms with van der Waals surface area (Å²) in [6.45, 7) is 3.17. The molecule has 2 aliphatic heterocycles. The highest BCUT2D eigenvalue weighted by Crippen LogP contribution is 2.24. The molecule has 2 N–H and O–H groups in total. The van der Waals surface area contributed by atoms with Crippen molar-refractivity contribution in [3.8, 4) is 0 Å². The van der Waals surface area contributed by atoms with Crippen molar-refractivity contribution < 1.29 is 9.90 Å². The number of aliphatic carboxylic acids is 1. The van der Waals surface area contributed by atoms with Crippen molar-refractivity contribution in [3.63, 3.8) is 0 Å². The third-order valence-electron chi connectivity index (χ3n) is 4.91. The van der Waals surface area contributed by atoms with Crippen molar-refractivity contribution in [2.45, 2.75) is 44.6 Å². The van der Waals surface area contributed by atoms with Crippen LogP contribution in [0.4, 0.5) is 5.69 Å². The van der Waals surface area contributed by atoms with Gasteiger partial charge < -0.3 is 20.2 Å². The number of aryl methyl sites for hydroxylation is 1. The van der Waals surface area contributed by atoms with Crippen LogP contribution in [0.3, 0.4) is 0 Å². The molecule has 3 rings (SSSR count). The van der Waals surface area contributed by atoms with E-state index < -0.39 is 5.97 Å². The number of rotatable bonds is 7. The third-order valence-corrected chi connectivity index (χ3v) is 4.91. The van der Waals surface area contributed by atoms with Crippen molar-refractivity contribution in [1.29, 1.82) is 0 Å². The quantitative estimate of drug-likeness (QED) is 0.754. The molecule has 1 aromatic carbocycles. The zero-order chi connectivity index (χ0) is 16.8. The van der Waals surface area contributed by atoms with E-state index in [9.17, 15) is 4.79 Å². The Morgan fingerprint density at radius 1 is 1.12 bits per heavy atom. The highest BCUT2D eigenvalue weighted by molar-refractivity contribution is 5.66. The van der Waals surface area contributed by atoms with Crippen molar-refractivity contribution in [2.24, 2.45) is 0 Å². The van der Waals surface area contributed by atoms with Gasteiger partial charge in [0.25, 0.3) is 0 Å². The van der Waals surface area contributed by atoms with E-state index in [1.807, 2.05) is 0 Å². The molecular weight excluding hydrogens is 302 g/mol. The average molecular weight is 329 g/mol. The van der Waals surface area contributed by atoms with E-state index >= 15 is 0 Å². The Bertz CT molecular complexity index is 564. The van der Waals surface area contributed by atoms with Crippen molar-refractivity contribution in [3.05, 3.63) is 42.2 Å². The highest BCUT2D eigenvalue weighted by Gasteiger charge is 2.23.